The molecular weight excluding hydrogens is 1570 g/mol. The predicted molar refractivity (Wildman–Crippen MR) is 432 cm³/mol. The number of nitrogens with zero attached hydrogens (tertiary/aromatic N) is 3. The Balaban J connectivity index is 0.000000188. The second-order valence-corrected chi connectivity index (χ2v) is 35.4. The number of nitrogens with one attached hydrogen (secondary N) is 2. The number of carbonyl (C=O) groups is 9. The number of amides is 1. The number of aromatic amines is 1. The Hall–Kier alpha value is -10.3. The van der Waals surface area contributed by atoms with Crippen LogP contribution in [0.1, 0.15) is 156 Å². The van der Waals surface area contributed by atoms with E-state index in [2.05, 4.69) is 20.1 Å². The molecule has 6 fully saturated rings. The quantitative estimate of drug-likeness (QED) is 0.0282. The number of aliphatic hydroxyl groups is 4. The van der Waals surface area contributed by atoms with Gasteiger partial charge in [0.2, 0.25) is 11.5 Å². The van der Waals surface area contributed by atoms with Crippen molar-refractivity contribution < 1.29 is 115 Å². The van der Waals surface area contributed by atoms with Crippen molar-refractivity contribution in [2.24, 2.45) is 34.0 Å². The van der Waals surface area contributed by atoms with E-state index in [0.717, 1.165) is 42.8 Å². The molecule has 4 bridgehead atoms. The number of methoxy groups -OCH3 is 3. The fourth-order valence-electron chi connectivity index (χ4n) is 23.4. The van der Waals surface area contributed by atoms with E-state index in [4.69, 9.17) is 42.6 Å². The molecule has 6 aromatic rings. The summed E-state index contributed by atoms with van der Waals surface area (Å²) < 4.78 is 84.6. The summed E-state index contributed by atoms with van der Waals surface area (Å²) in [4.78, 5) is 136. The third-order valence-electron chi connectivity index (χ3n) is 28.8. The highest BCUT2D eigenvalue weighted by atomic mass is 19.3. The maximum atomic E-state index is 15.5. The van der Waals surface area contributed by atoms with Crippen molar-refractivity contribution in [2.45, 2.75) is 202 Å². The number of alkyl halides is 2. The van der Waals surface area contributed by atoms with Crippen LogP contribution in [0.15, 0.2) is 151 Å². The van der Waals surface area contributed by atoms with E-state index < -0.39 is 176 Å². The fourth-order valence-corrected chi connectivity index (χ4v) is 23.4. The number of rotatable bonds is 17. The second kappa shape index (κ2) is 31.3. The maximum absolute atomic E-state index is 15.5. The Bertz CT molecular complexity index is 5190. The van der Waals surface area contributed by atoms with Gasteiger partial charge in [-0.05, 0) is 123 Å². The number of piperidine rings is 1. The molecule has 5 aromatic carbocycles. The van der Waals surface area contributed by atoms with Crippen LogP contribution in [-0.4, -0.2) is 227 Å². The number of H-pyrrole nitrogens is 1. The van der Waals surface area contributed by atoms with Crippen molar-refractivity contribution in [2.75, 3.05) is 66.1 Å². The smallest absolute Gasteiger partial charge is 0.344 e. The number of Topliss-reactive ketones (excluding diaryl/α,β-unsaturated/α-hetero) is 1. The van der Waals surface area contributed by atoms with Crippen molar-refractivity contribution in [3.63, 3.8) is 0 Å². The molecule has 7 heterocycles. The van der Waals surface area contributed by atoms with Crippen molar-refractivity contribution in [1.82, 2.24) is 20.1 Å². The van der Waals surface area contributed by atoms with Crippen LogP contribution in [0.5, 0.6) is 5.75 Å². The summed E-state index contributed by atoms with van der Waals surface area (Å²) in [5, 5.41) is 54.4. The topological polar surface area (TPSA) is 355 Å². The molecule has 6 aliphatic heterocycles. The lowest BCUT2D eigenvalue weighted by molar-refractivity contribution is -0.346. The third-order valence-corrected chi connectivity index (χ3v) is 28.8. The zero-order valence-corrected chi connectivity index (χ0v) is 70.0. The van der Waals surface area contributed by atoms with Crippen LogP contribution < -0.4 is 15.0 Å². The van der Waals surface area contributed by atoms with E-state index in [9.17, 15) is 54.0 Å². The molecule has 1 unspecified atom stereocenters. The molecule has 0 radical (unpaired) electrons. The van der Waals surface area contributed by atoms with Crippen LogP contribution in [0.2, 0.25) is 0 Å². The molecule has 1 amide bonds. The Morgan fingerprint density at radius 1 is 0.769 bits per heavy atom. The number of likely N-dealkylation sites (N-methyl/N-ethyl adjacent to an activating group) is 1. The minimum atomic E-state index is -2.94. The van der Waals surface area contributed by atoms with Gasteiger partial charge in [0.15, 0.2) is 29.7 Å². The van der Waals surface area contributed by atoms with Gasteiger partial charge in [-0.1, -0.05) is 118 Å². The first-order valence-corrected chi connectivity index (χ1v) is 41.2. The number of hydrogen-bond donors (Lipinski definition) is 6. The number of ether oxygens (including phenoxy) is 9. The number of benzene rings is 5. The van der Waals surface area contributed by atoms with E-state index in [1.807, 2.05) is 67.4 Å². The average molecular weight is 1670 g/mol. The van der Waals surface area contributed by atoms with Gasteiger partial charge >= 0.3 is 41.8 Å². The number of anilines is 1. The van der Waals surface area contributed by atoms with E-state index in [1.54, 1.807) is 92.7 Å². The Morgan fingerprint density at radius 2 is 1.41 bits per heavy atom. The number of aromatic nitrogens is 1. The van der Waals surface area contributed by atoms with Crippen LogP contribution >= 0.6 is 0 Å². The largest absolute Gasteiger partial charge is 0.496 e. The molecule has 29 heteroatoms. The average Bonchev–Trinajstić information content (AvgIpc) is 1.48. The summed E-state index contributed by atoms with van der Waals surface area (Å²) in [6, 6.07) is 33.3. The number of aliphatic hydroxyl groups excluding tert-OH is 2. The summed E-state index contributed by atoms with van der Waals surface area (Å²) >= 11 is 0. The number of halogens is 2. The molecule has 3 saturated heterocycles. The fraction of sp³-hybridized carbons (Fsp3) is 0.511. The summed E-state index contributed by atoms with van der Waals surface area (Å²) in [6.45, 7) is 14.5. The van der Waals surface area contributed by atoms with E-state index >= 15 is 18.4 Å². The zero-order chi connectivity index (χ0) is 87.0. The van der Waals surface area contributed by atoms with Crippen LogP contribution in [-0.2, 0) is 88.8 Å². The molecule has 1 spiro atoms. The molecule has 644 valence electrons. The lowest BCUT2D eigenvalue weighted by atomic mass is 9.44. The normalized spacial score (nSPS) is 33.8. The van der Waals surface area contributed by atoms with Gasteiger partial charge in [0.05, 0.1) is 63.0 Å². The van der Waals surface area contributed by atoms with Gasteiger partial charge < -0.3 is 78.3 Å². The molecule has 3 saturated carbocycles. The molecule has 6 N–H and O–H groups in total. The second-order valence-electron chi connectivity index (χ2n) is 35.4. The Labute approximate surface area is 699 Å². The van der Waals surface area contributed by atoms with Crippen LogP contribution in [0.3, 0.4) is 0 Å². The summed E-state index contributed by atoms with van der Waals surface area (Å²) in [5.74, 6) is -12.8. The Morgan fingerprint density at radius 3 is 2.02 bits per heavy atom. The highest BCUT2D eigenvalue weighted by Gasteiger charge is 2.82. The van der Waals surface area contributed by atoms with Crippen LogP contribution in [0, 0.1) is 34.0 Å². The van der Waals surface area contributed by atoms with Crippen LogP contribution in [0.4, 0.5) is 14.5 Å². The highest BCUT2D eigenvalue weighted by Crippen LogP contribution is 2.70. The van der Waals surface area contributed by atoms with Crippen molar-refractivity contribution >= 4 is 70.1 Å². The molecule has 10 aliphatic rings. The molecular formula is C92H105F2N5O22. The van der Waals surface area contributed by atoms with Crippen LogP contribution in [0.25, 0.3) is 10.9 Å². The van der Waals surface area contributed by atoms with Gasteiger partial charge in [0.1, 0.15) is 35.1 Å². The van der Waals surface area contributed by atoms with E-state index in [0.29, 0.717) is 67.3 Å². The number of esters is 7. The molecule has 21 atom stereocenters. The molecule has 4 aliphatic carbocycles. The number of ketones is 1. The van der Waals surface area contributed by atoms with Gasteiger partial charge in [0, 0.05) is 135 Å². The minimum absolute atomic E-state index is 0.00289. The molecule has 1 aromatic heterocycles. The molecule has 121 heavy (non-hydrogen) atoms. The number of para-hydroxylation sites is 1. The van der Waals surface area contributed by atoms with E-state index in [-0.39, 0.29) is 66.6 Å². The number of hydrogen-bond acceptors (Lipinski definition) is 25. The van der Waals surface area contributed by atoms with E-state index in [1.165, 1.54) is 54.2 Å². The summed E-state index contributed by atoms with van der Waals surface area (Å²) in [6.07, 6.45) is -6.47. The Kier molecular flexibility index (Phi) is 22.1. The van der Waals surface area contributed by atoms with Gasteiger partial charge in [0.25, 0.3) is 5.91 Å². The number of fused-ring (bicyclic) bond motifs is 11. The minimum Gasteiger partial charge on any atom is -0.496 e. The summed E-state index contributed by atoms with van der Waals surface area (Å²) in [7, 11) is 5.94. The van der Waals surface area contributed by atoms with Crippen molar-refractivity contribution in [3.8, 4) is 5.75 Å². The van der Waals surface area contributed by atoms with Gasteiger partial charge in [-0.3, -0.25) is 38.6 Å². The van der Waals surface area contributed by atoms with Gasteiger partial charge in [-0.25, -0.2) is 23.2 Å². The lowest BCUT2D eigenvalue weighted by Gasteiger charge is -2.67. The maximum Gasteiger partial charge on any atom is 0.344 e. The van der Waals surface area contributed by atoms with Gasteiger partial charge in [-0.15, -0.1) is 0 Å². The summed E-state index contributed by atoms with van der Waals surface area (Å²) in [5.41, 5.74) is -8.66. The van der Waals surface area contributed by atoms with Crippen molar-refractivity contribution in [1.29, 1.82) is 0 Å². The first-order valence-electron chi connectivity index (χ1n) is 41.2. The SMILES string of the molecule is CC(=O)O[C@H]1C(=O)[C@@]2(C)[C@H]([C@H](OC(=O)c3ccccc3)[C@]3(O)C[C@H](OC(=O)[C@H](O)[C@@H](NC(=O)c4ccccc4)c4ccccc4)C(C)=C1C3(C)C)[C@]1(OC(C)=O)CO[C@@H]1C[C@@H]2O.CC[C@]12C=CCN3CC[C@@]4(c5cc([C@@]6(C(=O)OC)C[C@H]7C[C@@H](C(C)(F)F)CN(Cc8c6[nH]c6ccccc86)C7)c(OC)cc5N(C)[C@H]4[C@@](O)(C(=O)OC)[C@@H]1OC(C)=O)[C@@H]32. The number of carbonyl (C=O) groups excluding carboxylic acids is 9. The monoisotopic (exact) mass is 1670 g/mol. The highest BCUT2D eigenvalue weighted by molar-refractivity contribution is 5.98. The van der Waals surface area contributed by atoms with Crippen molar-refractivity contribution in [3.05, 3.63) is 190 Å². The third kappa shape index (κ3) is 13.2. The molecule has 16 rings (SSSR count). The molecule has 27 nitrogen and oxygen atoms in total. The van der Waals surface area contributed by atoms with Gasteiger partial charge in [-0.2, -0.15) is 0 Å². The zero-order valence-electron chi connectivity index (χ0n) is 70.0. The first kappa shape index (κ1) is 85.7. The predicted octanol–water partition coefficient (Wildman–Crippen LogP) is 8.81. The first-order chi connectivity index (χ1) is 57.3. The lowest BCUT2D eigenvalue weighted by Crippen LogP contribution is -2.82. The standard InChI is InChI=1S/C47H51NO14.C45H54F2N4O8/c1-25-31(60-43(56)36(52)35(28-16-10-7-11-17-28)48-41(54)29-18-12-8-13-19-29)23-47(57)40(61-42(55)30-20-14-9-15-21-30)38-45(6,32(51)22-33-46(38,24-58-33)62-27(3)50)39(53)37(59-26(2)49)34(25)44(47,4)5;1-8-42-14-11-16-51-17-15-43(36(42)51)30-19-31(34(56-5)20-33(30)49(4)37(43)45(55,40(54)58-7)38(42)59-25(2)52)44(39(53)57-6)21-26-18-27(41(3,46)47)23-50(22-26)24-29-28-12-9-10-13-32(28)48-35(29)44/h7-21,31-33,35-38,40,51-52,57H,22-24H2,1-6H3,(H,48,54);9-14,19-20,26-27,36-38,48,55H,8,15-18,21-24H2,1-7H3/t31-,32-,33+,35-,36+,37+,38-,40-,45+,46-,47+;26-,27-,36+,37-,38-,42-,43-,44+,45+/m01/s1.